The number of rotatable bonds is 6. The summed E-state index contributed by atoms with van der Waals surface area (Å²) in [5.41, 5.74) is 1.10. The van der Waals surface area contributed by atoms with E-state index < -0.39 is 0 Å². The first-order valence-electron chi connectivity index (χ1n) is 5.94. The molecule has 0 atom stereocenters. The van der Waals surface area contributed by atoms with E-state index >= 15 is 0 Å². The largest absolute Gasteiger partial charge is 0.497 e. The molecule has 3 heteroatoms. The summed E-state index contributed by atoms with van der Waals surface area (Å²) in [6.45, 7) is 1.38. The molecule has 3 nitrogen and oxygen atoms in total. The minimum atomic E-state index is 0.613. The van der Waals surface area contributed by atoms with Crippen LogP contribution in [0.3, 0.4) is 0 Å². The zero-order valence-corrected chi connectivity index (χ0v) is 10.4. The van der Waals surface area contributed by atoms with Crippen molar-refractivity contribution in [1.82, 2.24) is 0 Å². The number of para-hydroxylation sites is 1. The van der Waals surface area contributed by atoms with Gasteiger partial charge in [0, 0.05) is 18.3 Å². The fourth-order valence-electron chi connectivity index (χ4n) is 1.61. The van der Waals surface area contributed by atoms with Crippen LogP contribution in [-0.4, -0.2) is 20.3 Å². The number of ether oxygens (including phenoxy) is 2. The van der Waals surface area contributed by atoms with Gasteiger partial charge in [-0.1, -0.05) is 24.3 Å². The summed E-state index contributed by atoms with van der Waals surface area (Å²) >= 11 is 0. The summed E-state index contributed by atoms with van der Waals surface area (Å²) < 4.78 is 10.8. The van der Waals surface area contributed by atoms with Crippen molar-refractivity contribution < 1.29 is 9.47 Å². The molecule has 0 saturated carbocycles. The van der Waals surface area contributed by atoms with Gasteiger partial charge in [-0.05, 0) is 24.3 Å². The molecule has 0 radical (unpaired) electrons. The lowest BCUT2D eigenvalue weighted by Gasteiger charge is -2.09. The highest BCUT2D eigenvalue weighted by Gasteiger charge is 1.96. The average molecular weight is 243 g/mol. The summed E-state index contributed by atoms with van der Waals surface area (Å²) in [6, 6.07) is 17.7. The number of hydrogen-bond donors (Lipinski definition) is 1. The molecule has 0 fully saturated rings. The predicted molar refractivity (Wildman–Crippen MR) is 73.4 cm³/mol. The highest BCUT2D eigenvalue weighted by Crippen LogP contribution is 2.18. The first-order chi connectivity index (χ1) is 8.88. The van der Waals surface area contributed by atoms with Crippen LogP contribution in [-0.2, 0) is 0 Å². The molecular formula is C15H17NO2. The molecule has 0 aliphatic carbocycles. The normalized spacial score (nSPS) is 9.83. The quantitative estimate of drug-likeness (QED) is 0.790. The lowest BCUT2D eigenvalue weighted by molar-refractivity contribution is 0.329. The van der Waals surface area contributed by atoms with Crippen molar-refractivity contribution in [2.45, 2.75) is 0 Å². The Labute approximate surface area is 107 Å². The van der Waals surface area contributed by atoms with E-state index in [1.54, 1.807) is 7.11 Å². The van der Waals surface area contributed by atoms with Crippen molar-refractivity contribution >= 4 is 5.69 Å². The van der Waals surface area contributed by atoms with Gasteiger partial charge in [0.25, 0.3) is 0 Å². The number of hydrogen-bond acceptors (Lipinski definition) is 3. The van der Waals surface area contributed by atoms with Gasteiger partial charge in [-0.15, -0.1) is 0 Å². The Kier molecular flexibility index (Phi) is 4.47. The first-order valence-corrected chi connectivity index (χ1v) is 5.94. The van der Waals surface area contributed by atoms with E-state index in [4.69, 9.17) is 9.47 Å². The third kappa shape index (κ3) is 3.70. The fourth-order valence-corrected chi connectivity index (χ4v) is 1.61. The Morgan fingerprint density at radius 2 is 1.72 bits per heavy atom. The molecule has 0 heterocycles. The predicted octanol–water partition coefficient (Wildman–Crippen LogP) is 3.19. The zero-order chi connectivity index (χ0) is 12.6. The number of methoxy groups -OCH3 is 1. The van der Waals surface area contributed by atoms with E-state index in [2.05, 4.69) is 5.32 Å². The molecule has 0 amide bonds. The average Bonchev–Trinajstić information content (AvgIpc) is 2.45. The highest BCUT2D eigenvalue weighted by atomic mass is 16.5. The smallest absolute Gasteiger partial charge is 0.123 e. The summed E-state index contributed by atoms with van der Waals surface area (Å²) in [5, 5.41) is 3.29. The molecule has 2 aromatic rings. The van der Waals surface area contributed by atoms with Gasteiger partial charge in [-0.2, -0.15) is 0 Å². The molecule has 94 valence electrons. The Morgan fingerprint density at radius 3 is 2.50 bits per heavy atom. The minimum Gasteiger partial charge on any atom is -0.497 e. The van der Waals surface area contributed by atoms with Gasteiger partial charge in [0.1, 0.15) is 18.1 Å². The van der Waals surface area contributed by atoms with Crippen LogP contribution in [0, 0.1) is 0 Å². The van der Waals surface area contributed by atoms with Gasteiger partial charge in [-0.3, -0.25) is 0 Å². The van der Waals surface area contributed by atoms with Crippen LogP contribution in [0.25, 0.3) is 0 Å². The maximum Gasteiger partial charge on any atom is 0.123 e. The molecule has 0 aromatic heterocycles. The molecule has 0 spiro atoms. The second-order valence-electron chi connectivity index (χ2n) is 3.82. The summed E-state index contributed by atoms with van der Waals surface area (Å²) in [6.07, 6.45) is 0. The molecule has 0 saturated heterocycles. The first kappa shape index (κ1) is 12.3. The maximum atomic E-state index is 5.63. The lowest BCUT2D eigenvalue weighted by Crippen LogP contribution is -2.11. The van der Waals surface area contributed by atoms with E-state index in [9.17, 15) is 0 Å². The molecule has 2 rings (SSSR count). The SMILES string of the molecule is COc1cccc(OCCNc2ccccc2)c1. The number of nitrogens with one attached hydrogen (secondary N) is 1. The monoisotopic (exact) mass is 243 g/mol. The van der Waals surface area contributed by atoms with Crippen molar-refractivity contribution in [1.29, 1.82) is 0 Å². The molecule has 0 aliphatic rings. The lowest BCUT2D eigenvalue weighted by atomic mass is 10.3. The van der Waals surface area contributed by atoms with E-state index in [0.717, 1.165) is 23.7 Å². The summed E-state index contributed by atoms with van der Waals surface area (Å²) in [5.74, 6) is 1.63. The number of anilines is 1. The third-order valence-corrected chi connectivity index (χ3v) is 2.51. The molecule has 18 heavy (non-hydrogen) atoms. The molecule has 1 N–H and O–H groups in total. The van der Waals surface area contributed by atoms with Crippen LogP contribution < -0.4 is 14.8 Å². The van der Waals surface area contributed by atoms with Crippen LogP contribution in [0.15, 0.2) is 54.6 Å². The molecular weight excluding hydrogens is 226 g/mol. The van der Waals surface area contributed by atoms with Gasteiger partial charge in [0.2, 0.25) is 0 Å². The van der Waals surface area contributed by atoms with E-state index in [0.29, 0.717) is 6.61 Å². The van der Waals surface area contributed by atoms with Crippen LogP contribution in [0.1, 0.15) is 0 Å². The van der Waals surface area contributed by atoms with Gasteiger partial charge >= 0.3 is 0 Å². The van der Waals surface area contributed by atoms with Crippen molar-refractivity contribution in [2.24, 2.45) is 0 Å². The molecule has 0 aliphatic heterocycles. The van der Waals surface area contributed by atoms with E-state index in [1.807, 2.05) is 54.6 Å². The number of benzene rings is 2. The van der Waals surface area contributed by atoms with Crippen LogP contribution in [0.4, 0.5) is 5.69 Å². The highest BCUT2D eigenvalue weighted by molar-refractivity contribution is 5.42. The topological polar surface area (TPSA) is 30.5 Å². The van der Waals surface area contributed by atoms with Crippen molar-refractivity contribution in [3.8, 4) is 11.5 Å². The second-order valence-corrected chi connectivity index (χ2v) is 3.82. The van der Waals surface area contributed by atoms with Gasteiger partial charge in [0.05, 0.1) is 7.11 Å². The Morgan fingerprint density at radius 1 is 0.944 bits per heavy atom. The minimum absolute atomic E-state index is 0.613. The Bertz CT molecular complexity index is 471. The summed E-state index contributed by atoms with van der Waals surface area (Å²) in [7, 11) is 1.65. The van der Waals surface area contributed by atoms with Crippen LogP contribution in [0.2, 0.25) is 0 Å². The second kappa shape index (κ2) is 6.55. The van der Waals surface area contributed by atoms with E-state index in [-0.39, 0.29) is 0 Å². The molecule has 2 aromatic carbocycles. The standard InChI is InChI=1S/C15H17NO2/c1-17-14-8-5-9-15(12-14)18-11-10-16-13-6-3-2-4-7-13/h2-9,12,16H,10-11H2,1H3. The zero-order valence-electron chi connectivity index (χ0n) is 10.4. The van der Waals surface area contributed by atoms with Crippen molar-refractivity contribution in [3.63, 3.8) is 0 Å². The fraction of sp³-hybridized carbons (Fsp3) is 0.200. The van der Waals surface area contributed by atoms with E-state index in [1.165, 1.54) is 0 Å². The third-order valence-electron chi connectivity index (χ3n) is 2.51. The Balaban J connectivity index is 1.75. The van der Waals surface area contributed by atoms with Gasteiger partial charge in [0.15, 0.2) is 0 Å². The van der Waals surface area contributed by atoms with Crippen LogP contribution in [0.5, 0.6) is 11.5 Å². The summed E-state index contributed by atoms with van der Waals surface area (Å²) in [4.78, 5) is 0. The van der Waals surface area contributed by atoms with Crippen molar-refractivity contribution in [2.75, 3.05) is 25.6 Å². The molecule has 0 unspecified atom stereocenters. The van der Waals surface area contributed by atoms with Gasteiger partial charge < -0.3 is 14.8 Å². The van der Waals surface area contributed by atoms with Crippen molar-refractivity contribution in [3.05, 3.63) is 54.6 Å². The molecule has 0 bridgehead atoms. The Hall–Kier alpha value is -2.16. The van der Waals surface area contributed by atoms with Gasteiger partial charge in [-0.25, -0.2) is 0 Å². The maximum absolute atomic E-state index is 5.63. The van der Waals surface area contributed by atoms with Crippen LogP contribution >= 0.6 is 0 Å².